The Hall–Kier alpha value is -1.43. The number of aryl methyl sites for hydroxylation is 1. The highest BCUT2D eigenvalue weighted by atomic mass is 16.6. The molecule has 0 fully saturated rings. The van der Waals surface area contributed by atoms with Crippen molar-refractivity contribution < 1.29 is 14.6 Å². The molecule has 1 aromatic rings. The van der Waals surface area contributed by atoms with Gasteiger partial charge in [0.15, 0.2) is 0 Å². The van der Waals surface area contributed by atoms with E-state index in [1.165, 1.54) is 0 Å². The Balaban J connectivity index is 2.13. The second-order valence-electron chi connectivity index (χ2n) is 6.58. The summed E-state index contributed by atoms with van der Waals surface area (Å²) in [6.07, 6.45) is 2.19. The summed E-state index contributed by atoms with van der Waals surface area (Å²) in [4.78, 5) is 6.25. The fourth-order valence-corrected chi connectivity index (χ4v) is 2.48. The van der Waals surface area contributed by atoms with Crippen LogP contribution >= 0.6 is 0 Å². The lowest BCUT2D eigenvalue weighted by Crippen LogP contribution is -2.44. The van der Waals surface area contributed by atoms with Crippen LogP contribution in [0.5, 0.6) is 5.88 Å². The standard InChI is InChI=1S/C17H26N2O3/c1-12-9-14(10-15(18-12)21-5)13-7-6-8-19(11-13)16(20)22-17(2,3)4/h7,9-10,16,20H,6,8,11H2,1-5H3. The summed E-state index contributed by atoms with van der Waals surface area (Å²) in [5, 5.41) is 10.3. The molecule has 0 saturated heterocycles. The molecular formula is C17H26N2O3. The van der Waals surface area contributed by atoms with Crippen molar-refractivity contribution >= 4 is 5.57 Å². The van der Waals surface area contributed by atoms with Crippen LogP contribution in [-0.4, -0.2) is 47.2 Å². The van der Waals surface area contributed by atoms with Crippen LogP contribution in [0.1, 0.15) is 38.4 Å². The van der Waals surface area contributed by atoms with Gasteiger partial charge in [-0.1, -0.05) is 6.08 Å². The molecule has 1 atom stereocenters. The van der Waals surface area contributed by atoms with Crippen molar-refractivity contribution in [3.05, 3.63) is 29.5 Å². The average Bonchev–Trinajstić information content (AvgIpc) is 2.45. The predicted octanol–water partition coefficient (Wildman–Crippen LogP) is 2.58. The molecule has 1 aromatic heterocycles. The van der Waals surface area contributed by atoms with E-state index in [1.54, 1.807) is 7.11 Å². The molecule has 2 heterocycles. The molecule has 2 rings (SSSR count). The SMILES string of the molecule is COc1cc(C2=CCCN(C(O)OC(C)(C)C)C2)cc(C)n1. The number of methoxy groups -OCH3 is 1. The molecule has 122 valence electrons. The molecule has 22 heavy (non-hydrogen) atoms. The maximum atomic E-state index is 10.3. The normalized spacial score (nSPS) is 18.0. The van der Waals surface area contributed by atoms with Crippen LogP contribution in [0.3, 0.4) is 0 Å². The zero-order chi connectivity index (χ0) is 16.3. The lowest BCUT2D eigenvalue weighted by Gasteiger charge is -2.35. The van der Waals surface area contributed by atoms with Crippen molar-refractivity contribution in [3.8, 4) is 5.88 Å². The molecule has 1 N–H and O–H groups in total. The zero-order valence-electron chi connectivity index (χ0n) is 14.1. The summed E-state index contributed by atoms with van der Waals surface area (Å²) < 4.78 is 10.9. The molecule has 0 aliphatic carbocycles. The monoisotopic (exact) mass is 306 g/mol. The highest BCUT2D eigenvalue weighted by molar-refractivity contribution is 5.68. The smallest absolute Gasteiger partial charge is 0.216 e. The Morgan fingerprint density at radius 2 is 2.05 bits per heavy atom. The zero-order valence-corrected chi connectivity index (χ0v) is 14.1. The van der Waals surface area contributed by atoms with E-state index in [4.69, 9.17) is 9.47 Å². The fourth-order valence-electron chi connectivity index (χ4n) is 2.48. The van der Waals surface area contributed by atoms with Crippen LogP contribution in [0.25, 0.3) is 5.57 Å². The van der Waals surface area contributed by atoms with E-state index < -0.39 is 6.41 Å². The topological polar surface area (TPSA) is 54.8 Å². The number of hydrogen-bond acceptors (Lipinski definition) is 5. The quantitative estimate of drug-likeness (QED) is 0.867. The van der Waals surface area contributed by atoms with Crippen molar-refractivity contribution in [3.63, 3.8) is 0 Å². The summed E-state index contributed by atoms with van der Waals surface area (Å²) in [5.41, 5.74) is 2.78. The molecule has 1 unspecified atom stereocenters. The van der Waals surface area contributed by atoms with Crippen molar-refractivity contribution in [1.29, 1.82) is 0 Å². The number of nitrogens with zero attached hydrogens (tertiary/aromatic N) is 2. The average molecular weight is 306 g/mol. The molecule has 0 radical (unpaired) electrons. The minimum Gasteiger partial charge on any atom is -0.481 e. The first-order valence-electron chi connectivity index (χ1n) is 7.60. The highest BCUT2D eigenvalue weighted by Crippen LogP contribution is 2.25. The molecule has 0 saturated carbocycles. The second kappa shape index (κ2) is 6.77. The number of rotatable bonds is 4. The molecule has 0 bridgehead atoms. The molecule has 1 aliphatic heterocycles. The summed E-state index contributed by atoms with van der Waals surface area (Å²) in [7, 11) is 1.62. The Bertz CT molecular complexity index is 549. The van der Waals surface area contributed by atoms with Crippen LogP contribution in [0.4, 0.5) is 0 Å². The van der Waals surface area contributed by atoms with Crippen LogP contribution in [0.15, 0.2) is 18.2 Å². The Morgan fingerprint density at radius 3 is 2.68 bits per heavy atom. The van der Waals surface area contributed by atoms with Crippen LogP contribution in [0.2, 0.25) is 0 Å². The van der Waals surface area contributed by atoms with Gasteiger partial charge in [-0.25, -0.2) is 4.98 Å². The minimum atomic E-state index is -0.895. The van der Waals surface area contributed by atoms with Gasteiger partial charge in [-0.05, 0) is 51.3 Å². The van der Waals surface area contributed by atoms with Gasteiger partial charge in [0, 0.05) is 24.8 Å². The van der Waals surface area contributed by atoms with Gasteiger partial charge in [0.05, 0.1) is 12.7 Å². The van der Waals surface area contributed by atoms with Gasteiger partial charge in [-0.3, -0.25) is 4.90 Å². The summed E-state index contributed by atoms with van der Waals surface area (Å²) >= 11 is 0. The van der Waals surface area contributed by atoms with Crippen molar-refractivity contribution in [2.75, 3.05) is 20.2 Å². The first-order chi connectivity index (χ1) is 10.3. The van der Waals surface area contributed by atoms with E-state index in [0.29, 0.717) is 12.4 Å². The number of aliphatic hydroxyl groups excluding tert-OH is 1. The summed E-state index contributed by atoms with van der Waals surface area (Å²) in [5.74, 6) is 0.611. The van der Waals surface area contributed by atoms with E-state index in [0.717, 1.165) is 29.8 Å². The first kappa shape index (κ1) is 16.9. The number of pyridine rings is 1. The number of ether oxygens (including phenoxy) is 2. The van der Waals surface area contributed by atoms with E-state index in [-0.39, 0.29) is 5.60 Å². The third-order valence-corrected chi connectivity index (χ3v) is 3.46. The van der Waals surface area contributed by atoms with Crippen molar-refractivity contribution in [1.82, 2.24) is 9.88 Å². The fraction of sp³-hybridized carbons (Fsp3) is 0.588. The number of aliphatic hydroxyl groups is 1. The molecular weight excluding hydrogens is 280 g/mol. The molecule has 0 aromatic carbocycles. The third-order valence-electron chi connectivity index (χ3n) is 3.46. The van der Waals surface area contributed by atoms with Gasteiger partial charge in [0.2, 0.25) is 12.3 Å². The van der Waals surface area contributed by atoms with Gasteiger partial charge >= 0.3 is 0 Å². The summed E-state index contributed by atoms with van der Waals surface area (Å²) in [6, 6.07) is 3.97. The van der Waals surface area contributed by atoms with Crippen molar-refractivity contribution in [2.45, 2.75) is 46.1 Å². The third kappa shape index (κ3) is 4.53. The molecule has 0 amide bonds. The Labute approximate surface area is 132 Å². The van der Waals surface area contributed by atoms with Crippen LogP contribution < -0.4 is 4.74 Å². The van der Waals surface area contributed by atoms with Gasteiger partial charge in [0.25, 0.3) is 0 Å². The van der Waals surface area contributed by atoms with E-state index in [2.05, 4.69) is 11.1 Å². The number of aromatic nitrogens is 1. The largest absolute Gasteiger partial charge is 0.481 e. The van der Waals surface area contributed by atoms with Crippen LogP contribution in [-0.2, 0) is 4.74 Å². The number of hydrogen-bond donors (Lipinski definition) is 1. The Morgan fingerprint density at radius 1 is 1.32 bits per heavy atom. The van der Waals surface area contributed by atoms with Crippen molar-refractivity contribution in [2.24, 2.45) is 0 Å². The van der Waals surface area contributed by atoms with Gasteiger partial charge in [-0.2, -0.15) is 0 Å². The maximum absolute atomic E-state index is 10.3. The van der Waals surface area contributed by atoms with Gasteiger partial charge < -0.3 is 14.6 Å². The minimum absolute atomic E-state index is 0.378. The van der Waals surface area contributed by atoms with E-state index >= 15 is 0 Å². The summed E-state index contributed by atoms with van der Waals surface area (Å²) in [6.45, 7) is 9.19. The predicted molar refractivity (Wildman–Crippen MR) is 86.5 cm³/mol. The molecule has 5 nitrogen and oxygen atoms in total. The van der Waals surface area contributed by atoms with E-state index in [9.17, 15) is 5.11 Å². The molecule has 1 aliphatic rings. The van der Waals surface area contributed by atoms with Crippen LogP contribution in [0, 0.1) is 6.92 Å². The highest BCUT2D eigenvalue weighted by Gasteiger charge is 2.25. The lowest BCUT2D eigenvalue weighted by atomic mass is 10.0. The van der Waals surface area contributed by atoms with Gasteiger partial charge in [-0.15, -0.1) is 0 Å². The lowest BCUT2D eigenvalue weighted by molar-refractivity contribution is -0.236. The maximum Gasteiger partial charge on any atom is 0.216 e. The molecule has 0 spiro atoms. The molecule has 5 heteroatoms. The second-order valence-corrected chi connectivity index (χ2v) is 6.58. The Kier molecular flexibility index (Phi) is 5.21. The van der Waals surface area contributed by atoms with E-state index in [1.807, 2.05) is 44.7 Å². The first-order valence-corrected chi connectivity index (χ1v) is 7.60. The van der Waals surface area contributed by atoms with Gasteiger partial charge in [0.1, 0.15) is 0 Å².